The molecule has 0 saturated carbocycles. The van der Waals surface area contributed by atoms with E-state index >= 15 is 0 Å². The number of carboxylic acids is 1. The number of carboxylic acid groups (broad SMARTS) is 1. The minimum atomic E-state index is -1.07. The second kappa shape index (κ2) is 7.21. The van der Waals surface area contributed by atoms with E-state index in [1.807, 2.05) is 30.3 Å². The predicted molar refractivity (Wildman–Crippen MR) is 92.9 cm³/mol. The first-order chi connectivity index (χ1) is 11.5. The molecule has 2 aliphatic rings. The smallest absolute Gasteiger partial charge is 0.312 e. The molecule has 1 aromatic carbocycles. The Hall–Kier alpha value is -1.43. The highest BCUT2D eigenvalue weighted by Gasteiger charge is 2.49. The molecule has 0 spiro atoms. The average molecular weight is 332 g/mol. The zero-order chi connectivity index (χ0) is 17.2. The van der Waals surface area contributed by atoms with Crippen molar-refractivity contribution in [3.05, 3.63) is 35.9 Å². The maximum Gasteiger partial charge on any atom is 0.312 e. The maximum absolute atomic E-state index is 12.0. The van der Waals surface area contributed by atoms with Gasteiger partial charge >= 0.3 is 5.97 Å². The average Bonchev–Trinajstić information content (AvgIpc) is 2.58. The summed E-state index contributed by atoms with van der Waals surface area (Å²) < 4.78 is 0. The fourth-order valence-electron chi connectivity index (χ4n) is 4.18. The van der Waals surface area contributed by atoms with Gasteiger partial charge in [-0.05, 0) is 57.9 Å². The van der Waals surface area contributed by atoms with Crippen molar-refractivity contribution in [3.63, 3.8) is 0 Å². The molecule has 0 aromatic heterocycles. The summed E-state index contributed by atoms with van der Waals surface area (Å²) in [5, 5.41) is 20.6. The number of likely N-dealkylation sites (tertiary alicyclic amines) is 2. The van der Waals surface area contributed by atoms with Crippen molar-refractivity contribution in [1.29, 1.82) is 0 Å². The molecular formula is C19H28N2O3. The fraction of sp³-hybridized carbons (Fsp3) is 0.632. The van der Waals surface area contributed by atoms with Crippen LogP contribution in [0.15, 0.2) is 30.3 Å². The lowest BCUT2D eigenvalue weighted by Gasteiger charge is -2.47. The minimum absolute atomic E-state index is 0.394. The van der Waals surface area contributed by atoms with E-state index in [0.29, 0.717) is 25.4 Å². The van der Waals surface area contributed by atoms with Gasteiger partial charge in [0, 0.05) is 12.6 Å². The molecule has 24 heavy (non-hydrogen) atoms. The van der Waals surface area contributed by atoms with Gasteiger partial charge in [0.15, 0.2) is 0 Å². The number of hydrogen-bond donors (Lipinski definition) is 2. The van der Waals surface area contributed by atoms with Crippen molar-refractivity contribution in [3.8, 4) is 0 Å². The van der Waals surface area contributed by atoms with Gasteiger partial charge in [-0.3, -0.25) is 9.69 Å². The zero-order valence-electron chi connectivity index (χ0n) is 14.4. The first-order valence-corrected chi connectivity index (χ1v) is 8.89. The number of hydrogen-bond acceptors (Lipinski definition) is 4. The SMILES string of the molecule is CN1CCC(N2CC[C@](Cc3ccccc3)(C(=O)O)[C@@H](O)C2)CC1. The van der Waals surface area contributed by atoms with Crippen molar-refractivity contribution in [2.24, 2.45) is 5.41 Å². The van der Waals surface area contributed by atoms with Crippen LogP contribution in [-0.4, -0.2) is 71.4 Å². The standard InChI is InChI=1S/C19H28N2O3/c1-20-10-7-16(8-11-20)21-12-9-19(18(23)24,17(22)14-21)13-15-5-3-2-4-6-15/h2-6,16-17,22H,7-14H2,1H3,(H,23,24)/t17-,19+/m0/s1. The van der Waals surface area contributed by atoms with Gasteiger partial charge in [0.2, 0.25) is 0 Å². The van der Waals surface area contributed by atoms with Crippen LogP contribution in [0.4, 0.5) is 0 Å². The van der Waals surface area contributed by atoms with E-state index in [1.54, 1.807) is 0 Å². The Morgan fingerprint density at radius 2 is 1.88 bits per heavy atom. The molecule has 0 aliphatic carbocycles. The number of rotatable bonds is 4. The van der Waals surface area contributed by atoms with Gasteiger partial charge in [-0.2, -0.15) is 0 Å². The highest BCUT2D eigenvalue weighted by molar-refractivity contribution is 5.76. The molecule has 5 heteroatoms. The molecule has 3 rings (SSSR count). The van der Waals surface area contributed by atoms with Crippen LogP contribution in [-0.2, 0) is 11.2 Å². The molecule has 0 radical (unpaired) electrons. The zero-order valence-corrected chi connectivity index (χ0v) is 14.4. The van der Waals surface area contributed by atoms with Crippen LogP contribution in [0.1, 0.15) is 24.8 Å². The van der Waals surface area contributed by atoms with E-state index in [4.69, 9.17) is 0 Å². The molecule has 132 valence electrons. The van der Waals surface area contributed by atoms with Crippen LogP contribution in [0, 0.1) is 5.41 Å². The number of aliphatic hydroxyl groups excluding tert-OH is 1. The molecule has 2 saturated heterocycles. The van der Waals surface area contributed by atoms with Gasteiger partial charge in [-0.1, -0.05) is 30.3 Å². The van der Waals surface area contributed by atoms with Crippen LogP contribution in [0.3, 0.4) is 0 Å². The first kappa shape index (κ1) is 17.4. The van der Waals surface area contributed by atoms with E-state index in [9.17, 15) is 15.0 Å². The van der Waals surface area contributed by atoms with Crippen LogP contribution < -0.4 is 0 Å². The van der Waals surface area contributed by atoms with Crippen LogP contribution in [0.25, 0.3) is 0 Å². The minimum Gasteiger partial charge on any atom is -0.481 e. The molecule has 0 unspecified atom stereocenters. The normalized spacial score (nSPS) is 30.3. The van der Waals surface area contributed by atoms with Crippen molar-refractivity contribution in [1.82, 2.24) is 9.80 Å². The first-order valence-electron chi connectivity index (χ1n) is 8.89. The second-order valence-corrected chi connectivity index (χ2v) is 7.42. The predicted octanol–water partition coefficient (Wildman–Crippen LogP) is 1.46. The highest BCUT2D eigenvalue weighted by Crippen LogP contribution is 2.37. The molecule has 5 nitrogen and oxygen atoms in total. The highest BCUT2D eigenvalue weighted by atomic mass is 16.4. The number of piperidine rings is 2. The lowest BCUT2D eigenvalue weighted by molar-refractivity contribution is -0.164. The Morgan fingerprint density at radius 3 is 2.46 bits per heavy atom. The molecule has 2 N–H and O–H groups in total. The molecular weight excluding hydrogens is 304 g/mol. The number of carbonyl (C=O) groups is 1. The number of aliphatic hydroxyl groups is 1. The van der Waals surface area contributed by atoms with Gasteiger partial charge in [0.1, 0.15) is 5.41 Å². The summed E-state index contributed by atoms with van der Waals surface area (Å²) >= 11 is 0. The van der Waals surface area contributed by atoms with Gasteiger partial charge in [0.25, 0.3) is 0 Å². The lowest BCUT2D eigenvalue weighted by Crippen LogP contribution is -2.58. The summed E-state index contributed by atoms with van der Waals surface area (Å²) in [6.07, 6.45) is 2.27. The van der Waals surface area contributed by atoms with Gasteiger partial charge in [0.05, 0.1) is 6.10 Å². The summed E-state index contributed by atoms with van der Waals surface area (Å²) in [7, 11) is 2.14. The number of nitrogens with zero attached hydrogens (tertiary/aromatic N) is 2. The Balaban J connectivity index is 1.70. The topological polar surface area (TPSA) is 64.0 Å². The quantitative estimate of drug-likeness (QED) is 0.874. The molecule has 2 atom stereocenters. The van der Waals surface area contributed by atoms with E-state index in [0.717, 1.165) is 38.0 Å². The van der Waals surface area contributed by atoms with E-state index < -0.39 is 17.5 Å². The van der Waals surface area contributed by atoms with Gasteiger partial charge in [-0.15, -0.1) is 0 Å². The Bertz CT molecular complexity index is 557. The summed E-state index contributed by atoms with van der Waals surface area (Å²) in [6, 6.07) is 10.1. The van der Waals surface area contributed by atoms with Gasteiger partial charge in [-0.25, -0.2) is 0 Å². The Kier molecular flexibility index (Phi) is 5.23. The maximum atomic E-state index is 12.0. The summed E-state index contributed by atoms with van der Waals surface area (Å²) in [5.74, 6) is -0.873. The molecule has 2 aliphatic heterocycles. The van der Waals surface area contributed by atoms with Crippen LogP contribution in [0.2, 0.25) is 0 Å². The summed E-state index contributed by atoms with van der Waals surface area (Å²) in [6.45, 7) is 3.37. The number of aliphatic carboxylic acids is 1. The van der Waals surface area contributed by atoms with Gasteiger partial charge < -0.3 is 15.1 Å². The summed E-state index contributed by atoms with van der Waals surface area (Å²) in [4.78, 5) is 16.7. The monoisotopic (exact) mass is 332 g/mol. The number of benzene rings is 1. The van der Waals surface area contributed by atoms with E-state index in [1.165, 1.54) is 0 Å². The third-order valence-corrected chi connectivity index (χ3v) is 5.88. The van der Waals surface area contributed by atoms with Crippen molar-refractivity contribution in [2.45, 2.75) is 37.8 Å². The Labute approximate surface area is 143 Å². The molecule has 2 fully saturated rings. The third kappa shape index (κ3) is 3.48. The Morgan fingerprint density at radius 1 is 1.21 bits per heavy atom. The summed E-state index contributed by atoms with van der Waals surface area (Å²) in [5.41, 5.74) is -0.0877. The van der Waals surface area contributed by atoms with E-state index in [-0.39, 0.29) is 0 Å². The molecule has 0 bridgehead atoms. The number of β-amino-alcohol motifs (C(OH)–C–C–N with tert-alkyl or cyclic N) is 1. The van der Waals surface area contributed by atoms with Crippen molar-refractivity contribution in [2.75, 3.05) is 33.2 Å². The van der Waals surface area contributed by atoms with E-state index in [2.05, 4.69) is 16.8 Å². The molecule has 1 aromatic rings. The third-order valence-electron chi connectivity index (χ3n) is 5.88. The largest absolute Gasteiger partial charge is 0.481 e. The lowest BCUT2D eigenvalue weighted by atomic mass is 9.71. The van der Waals surface area contributed by atoms with Crippen LogP contribution in [0.5, 0.6) is 0 Å². The van der Waals surface area contributed by atoms with Crippen LogP contribution >= 0.6 is 0 Å². The second-order valence-electron chi connectivity index (χ2n) is 7.42. The van der Waals surface area contributed by atoms with Crippen molar-refractivity contribution >= 4 is 5.97 Å². The fourth-order valence-corrected chi connectivity index (χ4v) is 4.18. The van der Waals surface area contributed by atoms with Crippen molar-refractivity contribution < 1.29 is 15.0 Å². The molecule has 0 amide bonds. The molecule has 2 heterocycles.